The van der Waals surface area contributed by atoms with Gasteiger partial charge in [-0.25, -0.2) is 0 Å². The van der Waals surface area contributed by atoms with Crippen molar-refractivity contribution in [2.75, 3.05) is 20.2 Å². The van der Waals surface area contributed by atoms with Crippen molar-refractivity contribution in [3.8, 4) is 5.75 Å². The Bertz CT molecular complexity index is 403. The van der Waals surface area contributed by atoms with Crippen LogP contribution in [0.1, 0.15) is 24.8 Å². The van der Waals surface area contributed by atoms with Gasteiger partial charge in [-0.15, -0.1) is 0 Å². The highest BCUT2D eigenvalue weighted by molar-refractivity contribution is 5.28. The molecule has 1 heterocycles. The number of ether oxygens (including phenoxy) is 1. The van der Waals surface area contributed by atoms with E-state index in [4.69, 9.17) is 4.74 Å². The average Bonchev–Trinajstić information content (AvgIpc) is 3.16. The molecule has 0 radical (unpaired) electrons. The summed E-state index contributed by atoms with van der Waals surface area (Å²) in [5.74, 6) is 0.945. The van der Waals surface area contributed by atoms with Crippen LogP contribution < -0.4 is 10.1 Å². The highest BCUT2D eigenvalue weighted by atomic mass is 16.5. The van der Waals surface area contributed by atoms with Crippen LogP contribution >= 0.6 is 0 Å². The first-order chi connectivity index (χ1) is 8.85. The van der Waals surface area contributed by atoms with Crippen LogP contribution in [0.5, 0.6) is 5.75 Å². The summed E-state index contributed by atoms with van der Waals surface area (Å²) in [5, 5.41) is 3.66. The predicted octanol–water partition coefficient (Wildman–Crippen LogP) is 2.02. The topological polar surface area (TPSA) is 24.5 Å². The van der Waals surface area contributed by atoms with Crippen LogP contribution in [-0.2, 0) is 6.54 Å². The molecule has 98 valence electrons. The van der Waals surface area contributed by atoms with E-state index in [9.17, 15) is 0 Å². The number of benzene rings is 1. The van der Waals surface area contributed by atoms with Crippen molar-refractivity contribution in [1.82, 2.24) is 10.2 Å². The van der Waals surface area contributed by atoms with Crippen LogP contribution in [0.4, 0.5) is 0 Å². The minimum Gasteiger partial charge on any atom is -0.497 e. The predicted molar refractivity (Wildman–Crippen MR) is 72.8 cm³/mol. The monoisotopic (exact) mass is 246 g/mol. The van der Waals surface area contributed by atoms with Crippen molar-refractivity contribution in [3.63, 3.8) is 0 Å². The van der Waals surface area contributed by atoms with Crippen LogP contribution in [0.2, 0.25) is 0 Å². The Morgan fingerprint density at radius 2 is 2.22 bits per heavy atom. The molecule has 3 heteroatoms. The summed E-state index contributed by atoms with van der Waals surface area (Å²) in [5.41, 5.74) is 1.30. The van der Waals surface area contributed by atoms with Crippen molar-refractivity contribution >= 4 is 0 Å². The highest BCUT2D eigenvalue weighted by Gasteiger charge is 2.33. The number of hydrogen-bond donors (Lipinski definition) is 1. The molecule has 1 saturated carbocycles. The Kier molecular flexibility index (Phi) is 3.52. The van der Waals surface area contributed by atoms with Crippen LogP contribution in [0.3, 0.4) is 0 Å². The molecule has 1 aromatic carbocycles. The molecular formula is C15H22N2O. The third-order valence-electron chi connectivity index (χ3n) is 4.01. The molecule has 1 atom stereocenters. The first kappa shape index (κ1) is 12.0. The molecule has 1 aliphatic heterocycles. The molecule has 3 rings (SSSR count). The quantitative estimate of drug-likeness (QED) is 0.860. The Labute approximate surface area is 109 Å². The number of nitrogens with zero attached hydrogens (tertiary/aromatic N) is 1. The third-order valence-corrected chi connectivity index (χ3v) is 4.01. The van der Waals surface area contributed by atoms with Crippen molar-refractivity contribution in [2.24, 2.45) is 0 Å². The van der Waals surface area contributed by atoms with Crippen molar-refractivity contribution in [1.29, 1.82) is 0 Å². The maximum Gasteiger partial charge on any atom is 0.119 e. The zero-order chi connectivity index (χ0) is 12.4. The van der Waals surface area contributed by atoms with Gasteiger partial charge in [0, 0.05) is 31.7 Å². The van der Waals surface area contributed by atoms with Gasteiger partial charge >= 0.3 is 0 Å². The maximum absolute atomic E-state index is 5.25. The van der Waals surface area contributed by atoms with Gasteiger partial charge < -0.3 is 10.1 Å². The summed E-state index contributed by atoms with van der Waals surface area (Å²) in [6.45, 7) is 3.45. The minimum atomic E-state index is 0.664. The fraction of sp³-hybridized carbons (Fsp3) is 0.600. The van der Waals surface area contributed by atoms with Crippen LogP contribution in [0, 0.1) is 0 Å². The third kappa shape index (κ3) is 2.85. The summed E-state index contributed by atoms with van der Waals surface area (Å²) in [6.07, 6.45) is 4.13. The van der Waals surface area contributed by atoms with E-state index in [1.807, 2.05) is 6.07 Å². The van der Waals surface area contributed by atoms with Gasteiger partial charge in [-0.05, 0) is 37.0 Å². The normalized spacial score (nSPS) is 24.4. The zero-order valence-corrected chi connectivity index (χ0v) is 11.1. The molecule has 18 heavy (non-hydrogen) atoms. The van der Waals surface area contributed by atoms with E-state index in [0.29, 0.717) is 6.04 Å². The van der Waals surface area contributed by atoms with Gasteiger partial charge in [0.25, 0.3) is 0 Å². The van der Waals surface area contributed by atoms with Gasteiger partial charge in [0.1, 0.15) is 5.75 Å². The van der Waals surface area contributed by atoms with Gasteiger partial charge in [-0.1, -0.05) is 12.1 Å². The maximum atomic E-state index is 5.25. The summed E-state index contributed by atoms with van der Waals surface area (Å²) in [6, 6.07) is 9.89. The molecule has 0 aromatic heterocycles. The molecule has 2 aliphatic rings. The minimum absolute atomic E-state index is 0.664. The summed E-state index contributed by atoms with van der Waals surface area (Å²) < 4.78 is 5.25. The molecule has 0 amide bonds. The van der Waals surface area contributed by atoms with Gasteiger partial charge in [-0.2, -0.15) is 0 Å². The number of rotatable bonds is 5. The van der Waals surface area contributed by atoms with Gasteiger partial charge in [0.05, 0.1) is 7.11 Å². The smallest absolute Gasteiger partial charge is 0.119 e. The number of nitrogens with one attached hydrogen (secondary N) is 1. The molecule has 1 aliphatic carbocycles. The Hall–Kier alpha value is -1.06. The lowest BCUT2D eigenvalue weighted by molar-refractivity contribution is 0.317. The van der Waals surface area contributed by atoms with Crippen LogP contribution in [-0.4, -0.2) is 37.2 Å². The molecule has 0 bridgehead atoms. The molecule has 1 saturated heterocycles. The van der Waals surface area contributed by atoms with E-state index < -0.39 is 0 Å². The van der Waals surface area contributed by atoms with Crippen molar-refractivity contribution in [2.45, 2.75) is 37.9 Å². The Morgan fingerprint density at radius 3 is 3.00 bits per heavy atom. The highest BCUT2D eigenvalue weighted by Crippen LogP contribution is 2.29. The van der Waals surface area contributed by atoms with E-state index in [2.05, 4.69) is 28.4 Å². The average molecular weight is 246 g/mol. The van der Waals surface area contributed by atoms with E-state index in [0.717, 1.165) is 18.3 Å². The van der Waals surface area contributed by atoms with Crippen molar-refractivity contribution < 1.29 is 4.74 Å². The fourth-order valence-corrected chi connectivity index (χ4v) is 2.77. The van der Waals surface area contributed by atoms with E-state index in [-0.39, 0.29) is 0 Å². The summed E-state index contributed by atoms with van der Waals surface area (Å²) in [7, 11) is 1.72. The van der Waals surface area contributed by atoms with Crippen molar-refractivity contribution in [3.05, 3.63) is 29.8 Å². The van der Waals surface area contributed by atoms with Gasteiger partial charge in [-0.3, -0.25) is 4.90 Å². The molecule has 1 unspecified atom stereocenters. The number of likely N-dealkylation sites (tertiary alicyclic amines) is 1. The Balaban J connectivity index is 1.48. The molecule has 2 fully saturated rings. The second-order valence-electron chi connectivity index (χ2n) is 5.44. The summed E-state index contributed by atoms with van der Waals surface area (Å²) >= 11 is 0. The lowest BCUT2D eigenvalue weighted by atomic mass is 10.2. The lowest BCUT2D eigenvalue weighted by Crippen LogP contribution is -2.32. The molecule has 0 spiro atoms. The molecule has 1 N–H and O–H groups in total. The van der Waals surface area contributed by atoms with Crippen LogP contribution in [0.25, 0.3) is 0 Å². The van der Waals surface area contributed by atoms with E-state index in [1.165, 1.54) is 37.9 Å². The van der Waals surface area contributed by atoms with E-state index >= 15 is 0 Å². The SMILES string of the molecule is COc1cccc(CNC2CCN(C3CC3)C2)c1. The second-order valence-corrected chi connectivity index (χ2v) is 5.44. The summed E-state index contributed by atoms with van der Waals surface area (Å²) in [4.78, 5) is 2.64. The first-order valence-corrected chi connectivity index (χ1v) is 6.95. The van der Waals surface area contributed by atoms with Gasteiger partial charge in [0.2, 0.25) is 0 Å². The second kappa shape index (κ2) is 5.29. The first-order valence-electron chi connectivity index (χ1n) is 6.95. The van der Waals surface area contributed by atoms with E-state index in [1.54, 1.807) is 7.11 Å². The zero-order valence-electron chi connectivity index (χ0n) is 11.1. The molecule has 1 aromatic rings. The largest absolute Gasteiger partial charge is 0.497 e. The van der Waals surface area contributed by atoms with Gasteiger partial charge in [0.15, 0.2) is 0 Å². The molecule has 3 nitrogen and oxygen atoms in total. The standard InChI is InChI=1S/C15H22N2O/c1-18-15-4-2-3-12(9-15)10-16-13-7-8-17(11-13)14-5-6-14/h2-4,9,13-14,16H,5-8,10-11H2,1H3. The molecular weight excluding hydrogens is 224 g/mol. The lowest BCUT2D eigenvalue weighted by Gasteiger charge is -2.16. The number of methoxy groups -OCH3 is 1. The number of hydrogen-bond acceptors (Lipinski definition) is 3. The Morgan fingerprint density at radius 1 is 1.33 bits per heavy atom. The van der Waals surface area contributed by atoms with Crippen LogP contribution in [0.15, 0.2) is 24.3 Å². The fourth-order valence-electron chi connectivity index (χ4n) is 2.77.